The van der Waals surface area contributed by atoms with Crippen LogP contribution in [-0.4, -0.2) is 4.57 Å². The predicted molar refractivity (Wildman–Crippen MR) is 81.4 cm³/mol. The minimum absolute atomic E-state index is 0.0216. The van der Waals surface area contributed by atoms with Crippen LogP contribution in [0.1, 0.15) is 49.3 Å². The largest absolute Gasteiger partial charge is 0.431 e. The highest BCUT2D eigenvalue weighted by Crippen LogP contribution is 2.45. The Bertz CT molecular complexity index is 666. The third-order valence-electron chi connectivity index (χ3n) is 4.48. The highest BCUT2D eigenvalue weighted by atomic mass is 79.9. The number of nitrogens with zero attached hydrogens (tertiary/aromatic N) is 1. The first-order valence-corrected chi connectivity index (χ1v) is 8.04. The molecule has 1 saturated carbocycles. The number of hydrogen-bond acceptors (Lipinski definition) is 0. The standard InChI is InChI=1S/C16H17BrF3N/c1-21-13-8-7-11(17)9-12(13)14(15(21)16(18,19)20)10-5-3-2-4-6-10/h7-10H,2-6H2,1H3. The highest BCUT2D eigenvalue weighted by molar-refractivity contribution is 9.10. The van der Waals surface area contributed by atoms with Crippen LogP contribution in [0.25, 0.3) is 10.9 Å². The van der Waals surface area contributed by atoms with Gasteiger partial charge in [-0.25, -0.2) is 0 Å². The summed E-state index contributed by atoms with van der Waals surface area (Å²) in [6.45, 7) is 0. The van der Waals surface area contributed by atoms with Crippen molar-refractivity contribution in [2.45, 2.75) is 44.2 Å². The minimum Gasteiger partial charge on any atom is -0.340 e. The van der Waals surface area contributed by atoms with Crippen molar-refractivity contribution in [3.63, 3.8) is 0 Å². The SMILES string of the molecule is Cn1c(C(F)(F)F)c(C2CCCCC2)c2cc(Br)ccc21. The first kappa shape index (κ1) is 14.9. The normalized spacial score (nSPS) is 17.6. The van der Waals surface area contributed by atoms with Gasteiger partial charge in [-0.2, -0.15) is 13.2 Å². The molecule has 1 aromatic heterocycles. The van der Waals surface area contributed by atoms with E-state index in [2.05, 4.69) is 15.9 Å². The van der Waals surface area contributed by atoms with Crippen molar-refractivity contribution in [2.75, 3.05) is 0 Å². The maximum absolute atomic E-state index is 13.6. The van der Waals surface area contributed by atoms with E-state index in [1.165, 1.54) is 11.6 Å². The second-order valence-electron chi connectivity index (χ2n) is 5.82. The van der Waals surface area contributed by atoms with Crippen LogP contribution >= 0.6 is 15.9 Å². The predicted octanol–water partition coefficient (Wildman–Crippen LogP) is 6.01. The Morgan fingerprint density at radius 3 is 2.43 bits per heavy atom. The third kappa shape index (κ3) is 2.60. The van der Waals surface area contributed by atoms with E-state index in [9.17, 15) is 13.2 Å². The van der Waals surface area contributed by atoms with Gasteiger partial charge in [0.25, 0.3) is 0 Å². The molecule has 1 aliphatic carbocycles. The molecule has 0 radical (unpaired) electrons. The molecule has 0 aliphatic heterocycles. The molecule has 1 fully saturated rings. The monoisotopic (exact) mass is 359 g/mol. The Morgan fingerprint density at radius 1 is 1.14 bits per heavy atom. The van der Waals surface area contributed by atoms with Gasteiger partial charge in [0, 0.05) is 22.4 Å². The third-order valence-corrected chi connectivity index (χ3v) is 4.98. The van der Waals surface area contributed by atoms with Crippen LogP contribution in [0.5, 0.6) is 0 Å². The zero-order valence-electron chi connectivity index (χ0n) is 11.8. The van der Waals surface area contributed by atoms with Crippen LogP contribution in [0, 0.1) is 0 Å². The van der Waals surface area contributed by atoms with Gasteiger partial charge in [0.05, 0.1) is 0 Å². The van der Waals surface area contributed by atoms with E-state index in [-0.39, 0.29) is 5.92 Å². The molecule has 1 heterocycles. The van der Waals surface area contributed by atoms with Gasteiger partial charge in [-0.05, 0) is 42.5 Å². The summed E-state index contributed by atoms with van der Waals surface area (Å²) in [4.78, 5) is 0. The van der Waals surface area contributed by atoms with E-state index in [1.807, 2.05) is 6.07 Å². The summed E-state index contributed by atoms with van der Waals surface area (Å²) >= 11 is 3.38. The summed E-state index contributed by atoms with van der Waals surface area (Å²) in [5, 5.41) is 0.742. The molecule has 0 saturated heterocycles. The smallest absolute Gasteiger partial charge is 0.340 e. The number of hydrogen-bond donors (Lipinski definition) is 0. The van der Waals surface area contributed by atoms with Gasteiger partial charge in [0.1, 0.15) is 5.69 Å². The van der Waals surface area contributed by atoms with Gasteiger partial charge < -0.3 is 4.57 Å². The first-order chi connectivity index (χ1) is 9.89. The van der Waals surface area contributed by atoms with Crippen LogP contribution in [-0.2, 0) is 13.2 Å². The molecular formula is C16H17BrF3N. The maximum Gasteiger partial charge on any atom is 0.431 e. The van der Waals surface area contributed by atoms with Gasteiger partial charge in [0.2, 0.25) is 0 Å². The molecule has 114 valence electrons. The Kier molecular flexibility index (Phi) is 3.80. The number of fused-ring (bicyclic) bond motifs is 1. The quantitative estimate of drug-likeness (QED) is 0.587. The number of halogens is 4. The molecular weight excluding hydrogens is 343 g/mol. The Labute approximate surface area is 130 Å². The Balaban J connectivity index is 2.29. The maximum atomic E-state index is 13.6. The molecule has 2 aromatic rings. The molecule has 0 amide bonds. The summed E-state index contributed by atoms with van der Waals surface area (Å²) in [5.41, 5.74) is 0.689. The molecule has 0 spiro atoms. The second-order valence-corrected chi connectivity index (χ2v) is 6.73. The van der Waals surface area contributed by atoms with E-state index in [0.717, 1.165) is 42.0 Å². The topological polar surface area (TPSA) is 4.93 Å². The zero-order chi connectivity index (χ0) is 15.2. The molecule has 1 aromatic carbocycles. The number of benzene rings is 1. The number of alkyl halides is 3. The fourth-order valence-electron chi connectivity index (χ4n) is 3.59. The first-order valence-electron chi connectivity index (χ1n) is 7.24. The average Bonchev–Trinajstić information content (AvgIpc) is 2.72. The van der Waals surface area contributed by atoms with Crippen LogP contribution in [0.3, 0.4) is 0 Å². The summed E-state index contributed by atoms with van der Waals surface area (Å²) < 4.78 is 42.8. The highest BCUT2D eigenvalue weighted by Gasteiger charge is 2.40. The van der Waals surface area contributed by atoms with Crippen molar-refractivity contribution in [3.05, 3.63) is 33.9 Å². The van der Waals surface area contributed by atoms with Crippen molar-refractivity contribution in [1.82, 2.24) is 4.57 Å². The lowest BCUT2D eigenvalue weighted by Gasteiger charge is -2.24. The van der Waals surface area contributed by atoms with E-state index in [1.54, 1.807) is 12.1 Å². The van der Waals surface area contributed by atoms with Crippen LogP contribution in [0.4, 0.5) is 13.2 Å². The lowest BCUT2D eigenvalue weighted by Crippen LogP contribution is -2.16. The lowest BCUT2D eigenvalue weighted by atomic mass is 9.82. The molecule has 0 atom stereocenters. The molecule has 1 nitrogen and oxygen atoms in total. The van der Waals surface area contributed by atoms with Crippen molar-refractivity contribution in [1.29, 1.82) is 0 Å². The van der Waals surface area contributed by atoms with Crippen molar-refractivity contribution < 1.29 is 13.2 Å². The van der Waals surface area contributed by atoms with E-state index >= 15 is 0 Å². The number of rotatable bonds is 1. The summed E-state index contributed by atoms with van der Waals surface area (Å²) in [5.74, 6) is 0.0216. The molecule has 0 N–H and O–H groups in total. The molecule has 0 unspecified atom stereocenters. The summed E-state index contributed by atoms with van der Waals surface area (Å²) in [6.07, 6.45) is 0.571. The Hall–Kier alpha value is -0.970. The second kappa shape index (κ2) is 5.34. The zero-order valence-corrected chi connectivity index (χ0v) is 13.4. The minimum atomic E-state index is -4.31. The van der Waals surface area contributed by atoms with Crippen molar-refractivity contribution in [3.8, 4) is 0 Å². The van der Waals surface area contributed by atoms with Crippen LogP contribution < -0.4 is 0 Å². The summed E-state index contributed by atoms with van der Waals surface area (Å²) in [6, 6.07) is 5.39. The van der Waals surface area contributed by atoms with E-state index < -0.39 is 11.9 Å². The van der Waals surface area contributed by atoms with Gasteiger partial charge in [-0.1, -0.05) is 35.2 Å². The molecule has 1 aliphatic rings. The van der Waals surface area contributed by atoms with Crippen molar-refractivity contribution >= 4 is 26.8 Å². The van der Waals surface area contributed by atoms with Gasteiger partial charge in [-0.15, -0.1) is 0 Å². The lowest BCUT2D eigenvalue weighted by molar-refractivity contribution is -0.143. The molecule has 0 bridgehead atoms. The fraction of sp³-hybridized carbons (Fsp3) is 0.500. The fourth-order valence-corrected chi connectivity index (χ4v) is 3.95. The molecule has 21 heavy (non-hydrogen) atoms. The van der Waals surface area contributed by atoms with E-state index in [4.69, 9.17) is 0 Å². The number of aromatic nitrogens is 1. The van der Waals surface area contributed by atoms with Crippen LogP contribution in [0.15, 0.2) is 22.7 Å². The van der Waals surface area contributed by atoms with Crippen LogP contribution in [0.2, 0.25) is 0 Å². The van der Waals surface area contributed by atoms with Gasteiger partial charge in [0.15, 0.2) is 0 Å². The van der Waals surface area contributed by atoms with Crippen molar-refractivity contribution in [2.24, 2.45) is 7.05 Å². The average molecular weight is 360 g/mol. The number of aryl methyl sites for hydroxylation is 1. The molecule has 5 heteroatoms. The Morgan fingerprint density at radius 2 is 1.81 bits per heavy atom. The summed E-state index contributed by atoms with van der Waals surface area (Å²) in [7, 11) is 1.52. The molecule has 3 rings (SSSR count). The van der Waals surface area contributed by atoms with Gasteiger partial charge >= 0.3 is 6.18 Å². The van der Waals surface area contributed by atoms with E-state index in [0.29, 0.717) is 11.1 Å². The van der Waals surface area contributed by atoms with Gasteiger partial charge in [-0.3, -0.25) is 0 Å².